The molecule has 31 heavy (non-hydrogen) atoms. The Morgan fingerprint density at radius 1 is 0.968 bits per heavy atom. The number of nitrogens with one attached hydrogen (secondary N) is 2. The highest BCUT2D eigenvalue weighted by atomic mass is 32.1. The number of H-pyrrole nitrogens is 1. The fourth-order valence-corrected chi connectivity index (χ4v) is 4.17. The number of rotatable bonds is 5. The second-order valence-electron chi connectivity index (χ2n) is 6.89. The van der Waals surface area contributed by atoms with Crippen LogP contribution in [0.4, 0.5) is 5.69 Å². The number of aromatic nitrogens is 3. The molecule has 7 heteroatoms. The average Bonchev–Trinajstić information content (AvgIpc) is 3.47. The highest BCUT2D eigenvalue weighted by molar-refractivity contribution is 7.13. The minimum Gasteiger partial charge on any atom is -0.360 e. The molecule has 1 amide bonds. The van der Waals surface area contributed by atoms with Crippen LogP contribution < -0.4 is 5.32 Å². The van der Waals surface area contributed by atoms with Gasteiger partial charge in [0.2, 0.25) is 0 Å². The molecule has 0 bridgehead atoms. The van der Waals surface area contributed by atoms with Gasteiger partial charge in [-0.15, -0.1) is 11.3 Å². The fourth-order valence-electron chi connectivity index (χ4n) is 3.35. The van der Waals surface area contributed by atoms with E-state index in [4.69, 9.17) is 0 Å². The summed E-state index contributed by atoms with van der Waals surface area (Å²) in [5, 5.41) is 6.26. The molecular formula is C24H16N4O2S. The minimum atomic E-state index is -0.684. The van der Waals surface area contributed by atoms with Crippen molar-refractivity contribution in [2.24, 2.45) is 0 Å². The number of carbonyl (C=O) groups is 2. The fraction of sp³-hybridized carbons (Fsp3) is 0. The van der Waals surface area contributed by atoms with Crippen molar-refractivity contribution in [3.05, 3.63) is 90.2 Å². The standard InChI is InChI=1S/C24H16N4O2S/c29-22(19-13-26-20-9-2-1-8-18(19)20)23(30)27-17-7-3-5-15(11-17)21-14-31-24(28-21)16-6-4-10-25-12-16/h1-14,26H,(H,27,30). The van der Waals surface area contributed by atoms with E-state index in [0.717, 1.165) is 32.7 Å². The molecule has 0 aliphatic carbocycles. The third kappa shape index (κ3) is 3.74. The molecular weight excluding hydrogens is 408 g/mol. The normalized spacial score (nSPS) is 10.8. The number of pyridine rings is 1. The Morgan fingerprint density at radius 3 is 2.71 bits per heavy atom. The van der Waals surface area contributed by atoms with E-state index in [1.807, 2.05) is 60.0 Å². The lowest BCUT2D eigenvalue weighted by atomic mass is 10.1. The second-order valence-corrected chi connectivity index (χ2v) is 7.75. The molecule has 2 N–H and O–H groups in total. The average molecular weight is 424 g/mol. The van der Waals surface area contributed by atoms with Gasteiger partial charge in [-0.25, -0.2) is 4.98 Å². The molecule has 0 saturated carbocycles. The maximum Gasteiger partial charge on any atom is 0.296 e. The number of aromatic amines is 1. The van der Waals surface area contributed by atoms with Gasteiger partial charge in [0.05, 0.1) is 11.3 Å². The maximum atomic E-state index is 12.7. The smallest absolute Gasteiger partial charge is 0.296 e. The van der Waals surface area contributed by atoms with Gasteiger partial charge < -0.3 is 10.3 Å². The lowest BCUT2D eigenvalue weighted by molar-refractivity contribution is -0.112. The molecule has 5 rings (SSSR count). The number of hydrogen-bond donors (Lipinski definition) is 2. The number of fused-ring (bicyclic) bond motifs is 1. The van der Waals surface area contributed by atoms with Gasteiger partial charge in [0.15, 0.2) is 0 Å². The first-order chi connectivity index (χ1) is 15.2. The Labute approximate surface area is 181 Å². The van der Waals surface area contributed by atoms with Crippen molar-refractivity contribution in [1.29, 1.82) is 0 Å². The number of anilines is 1. The quantitative estimate of drug-likeness (QED) is 0.301. The van der Waals surface area contributed by atoms with Gasteiger partial charge in [-0.1, -0.05) is 30.3 Å². The number of ketones is 1. The number of nitrogens with zero attached hydrogens (tertiary/aromatic N) is 2. The van der Waals surface area contributed by atoms with Gasteiger partial charge in [-0.3, -0.25) is 14.6 Å². The van der Waals surface area contributed by atoms with E-state index >= 15 is 0 Å². The molecule has 0 saturated heterocycles. The van der Waals surface area contributed by atoms with E-state index in [9.17, 15) is 9.59 Å². The zero-order chi connectivity index (χ0) is 21.2. The summed E-state index contributed by atoms with van der Waals surface area (Å²) in [4.78, 5) is 37.1. The van der Waals surface area contributed by atoms with Crippen LogP contribution >= 0.6 is 11.3 Å². The second kappa shape index (κ2) is 7.97. The van der Waals surface area contributed by atoms with Crippen LogP contribution in [0, 0.1) is 0 Å². The predicted molar refractivity (Wildman–Crippen MR) is 122 cm³/mol. The molecule has 0 aliphatic rings. The number of hydrogen-bond acceptors (Lipinski definition) is 5. The molecule has 0 radical (unpaired) electrons. The van der Waals surface area contributed by atoms with Crippen molar-refractivity contribution >= 4 is 39.6 Å². The molecule has 3 heterocycles. The molecule has 0 aliphatic heterocycles. The third-order valence-corrected chi connectivity index (χ3v) is 5.76. The SMILES string of the molecule is O=C(Nc1cccc(-c2csc(-c3cccnc3)n2)c1)C(=O)c1c[nH]c2ccccc12. The van der Waals surface area contributed by atoms with Crippen molar-refractivity contribution in [2.45, 2.75) is 0 Å². The molecule has 0 fully saturated rings. The molecule has 0 atom stereocenters. The number of benzene rings is 2. The number of Topliss-reactive ketones (excluding diaryl/α,β-unsaturated/α-hetero) is 1. The zero-order valence-corrected chi connectivity index (χ0v) is 17.0. The predicted octanol–water partition coefficient (Wildman–Crippen LogP) is 5.17. The van der Waals surface area contributed by atoms with Crippen LogP contribution in [0.15, 0.2) is 84.6 Å². The summed E-state index contributed by atoms with van der Waals surface area (Å²) >= 11 is 1.53. The van der Waals surface area contributed by atoms with Gasteiger partial charge in [-0.2, -0.15) is 0 Å². The Kier molecular flexibility index (Phi) is 4.86. The van der Waals surface area contributed by atoms with E-state index in [-0.39, 0.29) is 0 Å². The van der Waals surface area contributed by atoms with E-state index in [0.29, 0.717) is 11.3 Å². The van der Waals surface area contributed by atoms with Gasteiger partial charge >= 0.3 is 0 Å². The summed E-state index contributed by atoms with van der Waals surface area (Å²) < 4.78 is 0. The molecule has 3 aromatic heterocycles. The van der Waals surface area contributed by atoms with Crippen LogP contribution in [0.1, 0.15) is 10.4 Å². The van der Waals surface area contributed by atoms with Gasteiger partial charge in [0.25, 0.3) is 11.7 Å². The zero-order valence-electron chi connectivity index (χ0n) is 16.2. The van der Waals surface area contributed by atoms with Crippen LogP contribution in [-0.4, -0.2) is 26.6 Å². The Hall–Kier alpha value is -4.10. The monoisotopic (exact) mass is 424 g/mol. The van der Waals surface area contributed by atoms with Crippen molar-refractivity contribution < 1.29 is 9.59 Å². The van der Waals surface area contributed by atoms with Crippen molar-refractivity contribution in [1.82, 2.24) is 15.0 Å². The van der Waals surface area contributed by atoms with Gasteiger partial charge in [-0.05, 0) is 30.3 Å². The molecule has 150 valence electrons. The van der Waals surface area contributed by atoms with Crippen molar-refractivity contribution in [2.75, 3.05) is 5.32 Å². The Morgan fingerprint density at radius 2 is 1.84 bits per heavy atom. The number of thiazole rings is 1. The maximum absolute atomic E-state index is 12.7. The summed E-state index contributed by atoms with van der Waals surface area (Å²) in [5.74, 6) is -1.27. The lowest BCUT2D eigenvalue weighted by Crippen LogP contribution is -2.22. The first-order valence-corrected chi connectivity index (χ1v) is 10.5. The molecule has 5 aromatic rings. The first-order valence-electron chi connectivity index (χ1n) is 9.57. The molecule has 2 aromatic carbocycles. The highest BCUT2D eigenvalue weighted by Gasteiger charge is 2.20. The third-order valence-electron chi connectivity index (χ3n) is 4.87. The van der Waals surface area contributed by atoms with Crippen molar-refractivity contribution in [3.63, 3.8) is 0 Å². The summed E-state index contributed by atoms with van der Waals surface area (Å²) in [6.45, 7) is 0. The molecule has 0 unspecified atom stereocenters. The first kappa shape index (κ1) is 18.9. The molecule has 0 spiro atoms. The van der Waals surface area contributed by atoms with Gasteiger partial charge in [0, 0.05) is 51.7 Å². The van der Waals surface area contributed by atoms with Crippen LogP contribution in [0.3, 0.4) is 0 Å². The van der Waals surface area contributed by atoms with Crippen LogP contribution in [0.5, 0.6) is 0 Å². The Bertz CT molecular complexity index is 1410. The van der Waals surface area contributed by atoms with E-state index in [1.54, 1.807) is 24.7 Å². The number of amides is 1. The molecule has 6 nitrogen and oxygen atoms in total. The summed E-state index contributed by atoms with van der Waals surface area (Å²) in [5.41, 5.74) is 4.30. The topological polar surface area (TPSA) is 87.7 Å². The van der Waals surface area contributed by atoms with Crippen LogP contribution in [0.25, 0.3) is 32.7 Å². The van der Waals surface area contributed by atoms with Crippen molar-refractivity contribution in [3.8, 4) is 21.8 Å². The summed E-state index contributed by atoms with van der Waals surface area (Å²) in [6.07, 6.45) is 5.07. The number of carbonyl (C=O) groups excluding carboxylic acids is 2. The van der Waals surface area contributed by atoms with Crippen LogP contribution in [0.2, 0.25) is 0 Å². The highest BCUT2D eigenvalue weighted by Crippen LogP contribution is 2.29. The Balaban J connectivity index is 1.36. The van der Waals surface area contributed by atoms with E-state index in [1.165, 1.54) is 11.3 Å². The van der Waals surface area contributed by atoms with Gasteiger partial charge in [0.1, 0.15) is 5.01 Å². The summed E-state index contributed by atoms with van der Waals surface area (Å²) in [6, 6.07) is 18.5. The largest absolute Gasteiger partial charge is 0.360 e. The summed E-state index contributed by atoms with van der Waals surface area (Å²) in [7, 11) is 0. The lowest BCUT2D eigenvalue weighted by Gasteiger charge is -2.06. The van der Waals surface area contributed by atoms with Crippen LogP contribution in [-0.2, 0) is 4.79 Å². The van der Waals surface area contributed by atoms with E-state index < -0.39 is 11.7 Å². The minimum absolute atomic E-state index is 0.352. The number of para-hydroxylation sites is 1. The van der Waals surface area contributed by atoms with E-state index in [2.05, 4.69) is 20.3 Å².